The molecular weight excluding hydrogens is 280 g/mol. The van der Waals surface area contributed by atoms with Gasteiger partial charge in [0.2, 0.25) is 0 Å². The maximum absolute atomic E-state index is 12.4. The molecule has 0 saturated carbocycles. The van der Waals surface area contributed by atoms with Crippen LogP contribution < -0.4 is 0 Å². The summed E-state index contributed by atoms with van der Waals surface area (Å²) >= 11 is 5.76. The van der Waals surface area contributed by atoms with E-state index in [1.54, 1.807) is 11.0 Å². The van der Waals surface area contributed by atoms with E-state index >= 15 is 0 Å². The third kappa shape index (κ3) is 3.10. The van der Waals surface area contributed by atoms with E-state index in [0.29, 0.717) is 30.5 Å². The number of piperidine rings is 1. The van der Waals surface area contributed by atoms with Crippen molar-refractivity contribution in [3.8, 4) is 0 Å². The molecule has 1 aromatic carbocycles. The minimum atomic E-state index is -0.569. The van der Waals surface area contributed by atoms with Gasteiger partial charge in [0.25, 0.3) is 11.6 Å². The minimum Gasteiger partial charge on any atom is -0.338 e. The quantitative estimate of drug-likeness (QED) is 0.621. The summed E-state index contributed by atoms with van der Waals surface area (Å²) in [5.74, 6) is 0.734. The fraction of sp³-hybridized carbons (Fsp3) is 0.500. The molecule has 1 saturated heterocycles. The number of amides is 1. The number of hydrogen-bond donors (Lipinski definition) is 0. The van der Waals surface area contributed by atoms with E-state index in [4.69, 9.17) is 11.6 Å². The largest absolute Gasteiger partial charge is 0.338 e. The van der Waals surface area contributed by atoms with Crippen molar-refractivity contribution in [3.63, 3.8) is 0 Å². The highest BCUT2D eigenvalue weighted by Gasteiger charge is 2.27. The maximum Gasteiger partial charge on any atom is 0.288 e. The molecule has 5 nitrogen and oxygen atoms in total. The summed E-state index contributed by atoms with van der Waals surface area (Å²) < 4.78 is 0. The molecule has 0 aliphatic carbocycles. The molecule has 1 aliphatic rings. The zero-order valence-electron chi connectivity index (χ0n) is 11.5. The highest BCUT2D eigenvalue weighted by molar-refractivity contribution is 6.32. The number of nitro benzene ring substituents is 1. The molecular formula is C14H17ClN2O3. The number of rotatable bonds is 2. The van der Waals surface area contributed by atoms with Crippen LogP contribution in [0.2, 0.25) is 5.02 Å². The molecule has 20 heavy (non-hydrogen) atoms. The molecule has 108 valence electrons. The van der Waals surface area contributed by atoms with Crippen LogP contribution >= 0.6 is 11.6 Å². The Balaban J connectivity index is 2.25. The van der Waals surface area contributed by atoms with Gasteiger partial charge in [-0.3, -0.25) is 14.9 Å². The fourth-order valence-corrected chi connectivity index (χ4v) is 2.98. The normalized spacial score (nSPS) is 22.6. The van der Waals surface area contributed by atoms with Gasteiger partial charge in [0, 0.05) is 24.7 Å². The molecule has 2 rings (SSSR count). The molecule has 2 atom stereocenters. The van der Waals surface area contributed by atoms with E-state index in [-0.39, 0.29) is 16.6 Å². The zero-order valence-corrected chi connectivity index (χ0v) is 12.3. The summed E-state index contributed by atoms with van der Waals surface area (Å²) in [4.78, 5) is 24.5. The summed E-state index contributed by atoms with van der Waals surface area (Å²) in [5.41, 5.74) is 0.0954. The number of halogens is 1. The first-order valence-electron chi connectivity index (χ1n) is 6.61. The topological polar surface area (TPSA) is 63.5 Å². The van der Waals surface area contributed by atoms with Gasteiger partial charge in [0.1, 0.15) is 5.02 Å². The number of hydrogen-bond acceptors (Lipinski definition) is 3. The van der Waals surface area contributed by atoms with E-state index < -0.39 is 4.92 Å². The van der Waals surface area contributed by atoms with Crippen LogP contribution in [0.1, 0.15) is 30.6 Å². The van der Waals surface area contributed by atoms with Crippen LogP contribution in [0.15, 0.2) is 18.2 Å². The molecule has 1 fully saturated rings. The van der Waals surface area contributed by atoms with Crippen molar-refractivity contribution in [1.29, 1.82) is 0 Å². The van der Waals surface area contributed by atoms with Crippen LogP contribution in [0.5, 0.6) is 0 Å². The lowest BCUT2D eigenvalue weighted by molar-refractivity contribution is -0.384. The second-order valence-electron chi connectivity index (χ2n) is 5.58. The second kappa shape index (κ2) is 5.79. The molecule has 0 spiro atoms. The molecule has 1 heterocycles. The number of nitrogens with zero attached hydrogens (tertiary/aromatic N) is 2. The van der Waals surface area contributed by atoms with Crippen LogP contribution in [0.4, 0.5) is 5.69 Å². The molecule has 0 bridgehead atoms. The van der Waals surface area contributed by atoms with Crippen molar-refractivity contribution >= 4 is 23.2 Å². The van der Waals surface area contributed by atoms with Gasteiger partial charge >= 0.3 is 0 Å². The van der Waals surface area contributed by atoms with Gasteiger partial charge in [0.15, 0.2) is 0 Å². The van der Waals surface area contributed by atoms with Gasteiger partial charge in [0.05, 0.1) is 4.92 Å². The van der Waals surface area contributed by atoms with E-state index in [1.807, 2.05) is 0 Å². The number of likely N-dealkylation sites (tertiary alicyclic amines) is 1. The Hall–Kier alpha value is -1.62. The molecule has 1 aliphatic heterocycles. The molecule has 1 aromatic rings. The summed E-state index contributed by atoms with van der Waals surface area (Å²) in [6.07, 6.45) is 1.10. The Morgan fingerprint density at radius 2 is 1.95 bits per heavy atom. The minimum absolute atomic E-state index is 0.0481. The Labute approximate surface area is 122 Å². The molecule has 1 amide bonds. The predicted octanol–water partition coefficient (Wildman–Crippen LogP) is 3.37. The van der Waals surface area contributed by atoms with Crippen LogP contribution in [-0.4, -0.2) is 28.8 Å². The molecule has 6 heteroatoms. The third-order valence-corrected chi connectivity index (χ3v) is 3.87. The number of benzene rings is 1. The lowest BCUT2D eigenvalue weighted by Gasteiger charge is -2.35. The van der Waals surface area contributed by atoms with E-state index in [2.05, 4.69) is 13.8 Å². The Bertz CT molecular complexity index is 537. The van der Waals surface area contributed by atoms with Crippen LogP contribution in [0.3, 0.4) is 0 Å². The monoisotopic (exact) mass is 296 g/mol. The fourth-order valence-electron chi connectivity index (χ4n) is 2.80. The first-order chi connectivity index (χ1) is 9.38. The average Bonchev–Trinajstić information content (AvgIpc) is 2.37. The highest BCUT2D eigenvalue weighted by Crippen LogP contribution is 2.27. The van der Waals surface area contributed by atoms with Crippen molar-refractivity contribution in [2.45, 2.75) is 20.3 Å². The number of carbonyl (C=O) groups excluding carboxylic acids is 1. The second-order valence-corrected chi connectivity index (χ2v) is 5.99. The first kappa shape index (κ1) is 14.8. The highest BCUT2D eigenvalue weighted by atomic mass is 35.5. The predicted molar refractivity (Wildman–Crippen MR) is 77.0 cm³/mol. The van der Waals surface area contributed by atoms with E-state index in [1.165, 1.54) is 12.1 Å². The first-order valence-corrected chi connectivity index (χ1v) is 6.99. The van der Waals surface area contributed by atoms with Gasteiger partial charge in [-0.25, -0.2) is 0 Å². The van der Waals surface area contributed by atoms with Gasteiger partial charge < -0.3 is 4.90 Å². The van der Waals surface area contributed by atoms with Gasteiger partial charge in [-0.05, 0) is 30.4 Å². The van der Waals surface area contributed by atoms with Crippen molar-refractivity contribution in [2.75, 3.05) is 13.1 Å². The van der Waals surface area contributed by atoms with Crippen molar-refractivity contribution < 1.29 is 9.72 Å². The number of carbonyl (C=O) groups is 1. The Morgan fingerprint density at radius 1 is 1.35 bits per heavy atom. The number of nitro groups is 1. The summed E-state index contributed by atoms with van der Waals surface area (Å²) in [5, 5.41) is 10.9. The lowest BCUT2D eigenvalue weighted by Crippen LogP contribution is -2.42. The molecule has 0 aromatic heterocycles. The van der Waals surface area contributed by atoms with E-state index in [9.17, 15) is 14.9 Å². The van der Waals surface area contributed by atoms with Crippen LogP contribution in [0.25, 0.3) is 0 Å². The zero-order chi connectivity index (χ0) is 14.9. The average molecular weight is 297 g/mol. The smallest absolute Gasteiger partial charge is 0.288 e. The van der Waals surface area contributed by atoms with Gasteiger partial charge in [-0.2, -0.15) is 0 Å². The SMILES string of the molecule is C[C@@H]1C[C@H](C)CN(C(=O)c2ccc(Cl)c([N+](=O)[O-])c2)C1. The van der Waals surface area contributed by atoms with Gasteiger partial charge in [-0.15, -0.1) is 0 Å². The third-order valence-electron chi connectivity index (χ3n) is 3.55. The Kier molecular flexibility index (Phi) is 4.28. The van der Waals surface area contributed by atoms with Crippen LogP contribution in [-0.2, 0) is 0 Å². The van der Waals surface area contributed by atoms with E-state index in [0.717, 1.165) is 6.42 Å². The molecule has 0 radical (unpaired) electrons. The van der Waals surface area contributed by atoms with Crippen LogP contribution in [0, 0.1) is 22.0 Å². The van der Waals surface area contributed by atoms with Gasteiger partial charge in [-0.1, -0.05) is 25.4 Å². The summed E-state index contributed by atoms with van der Waals surface area (Å²) in [7, 11) is 0. The standard InChI is InChI=1S/C14H17ClN2O3/c1-9-5-10(2)8-16(7-9)14(18)11-3-4-12(15)13(6-11)17(19)20/h3-4,6,9-10H,5,7-8H2,1-2H3/t9-,10+. The maximum atomic E-state index is 12.4. The molecule has 0 unspecified atom stereocenters. The summed E-state index contributed by atoms with van der Waals surface area (Å²) in [6, 6.07) is 4.21. The van der Waals surface area contributed by atoms with Crippen molar-refractivity contribution in [2.24, 2.45) is 11.8 Å². The lowest BCUT2D eigenvalue weighted by atomic mass is 9.91. The van der Waals surface area contributed by atoms with Crippen molar-refractivity contribution in [1.82, 2.24) is 4.90 Å². The summed E-state index contributed by atoms with van der Waals surface area (Å²) in [6.45, 7) is 5.61. The molecule has 0 N–H and O–H groups in total. The van der Waals surface area contributed by atoms with Crippen molar-refractivity contribution in [3.05, 3.63) is 38.9 Å². The Morgan fingerprint density at radius 3 is 2.50 bits per heavy atom.